The zero-order valence-corrected chi connectivity index (χ0v) is 11.2. The highest BCUT2D eigenvalue weighted by Crippen LogP contribution is 2.33. The van der Waals surface area contributed by atoms with Crippen molar-refractivity contribution < 1.29 is 9.47 Å². The average Bonchev–Trinajstić information content (AvgIpc) is 3.05. The van der Waals surface area contributed by atoms with Crippen molar-refractivity contribution in [2.45, 2.75) is 39.2 Å². The molecule has 1 rings (SSSR count). The molecule has 96 valence electrons. The van der Waals surface area contributed by atoms with Gasteiger partial charge in [-0.25, -0.2) is 0 Å². The van der Waals surface area contributed by atoms with Gasteiger partial charge in [-0.1, -0.05) is 13.8 Å². The minimum atomic E-state index is 0.302. The lowest BCUT2D eigenvalue weighted by Crippen LogP contribution is -2.41. The molecule has 3 heteroatoms. The maximum atomic E-state index is 5.26. The summed E-state index contributed by atoms with van der Waals surface area (Å²) in [5, 5.41) is 3.65. The van der Waals surface area contributed by atoms with Crippen molar-refractivity contribution in [3.8, 4) is 0 Å². The molecule has 3 nitrogen and oxygen atoms in total. The van der Waals surface area contributed by atoms with Crippen molar-refractivity contribution in [2.24, 2.45) is 11.3 Å². The van der Waals surface area contributed by atoms with Crippen molar-refractivity contribution in [1.29, 1.82) is 0 Å². The minimum absolute atomic E-state index is 0.302. The molecule has 1 aliphatic rings. The molecule has 0 radical (unpaired) electrons. The van der Waals surface area contributed by atoms with Gasteiger partial charge in [-0.15, -0.1) is 0 Å². The molecule has 0 aromatic rings. The molecule has 1 fully saturated rings. The quantitative estimate of drug-likeness (QED) is 0.656. The first-order valence-corrected chi connectivity index (χ1v) is 6.30. The summed E-state index contributed by atoms with van der Waals surface area (Å²) >= 11 is 0. The molecule has 0 heterocycles. The SMILES string of the molecule is COCCC(C)(C)CNC(COC)C1CC1. The van der Waals surface area contributed by atoms with Gasteiger partial charge in [-0.3, -0.25) is 0 Å². The van der Waals surface area contributed by atoms with Gasteiger partial charge in [0, 0.05) is 33.4 Å². The van der Waals surface area contributed by atoms with Gasteiger partial charge in [-0.2, -0.15) is 0 Å². The van der Waals surface area contributed by atoms with E-state index in [0.717, 1.165) is 32.1 Å². The van der Waals surface area contributed by atoms with Crippen LogP contribution in [-0.4, -0.2) is 40.0 Å². The predicted octanol–water partition coefficient (Wildman–Crippen LogP) is 2.06. The highest BCUT2D eigenvalue weighted by molar-refractivity contribution is 4.87. The second kappa shape index (κ2) is 6.58. The van der Waals surface area contributed by atoms with Crippen LogP contribution in [0.2, 0.25) is 0 Å². The lowest BCUT2D eigenvalue weighted by atomic mass is 9.89. The summed E-state index contributed by atoms with van der Waals surface area (Å²) < 4.78 is 10.4. The number of hydrogen-bond acceptors (Lipinski definition) is 3. The molecule has 1 saturated carbocycles. The van der Waals surface area contributed by atoms with Gasteiger partial charge in [0.15, 0.2) is 0 Å². The molecule has 1 unspecified atom stereocenters. The monoisotopic (exact) mass is 229 g/mol. The second-order valence-corrected chi connectivity index (χ2v) is 5.69. The van der Waals surface area contributed by atoms with Gasteiger partial charge in [0.1, 0.15) is 0 Å². The van der Waals surface area contributed by atoms with Crippen LogP contribution < -0.4 is 5.32 Å². The summed E-state index contributed by atoms with van der Waals surface area (Å²) in [6, 6.07) is 0.548. The minimum Gasteiger partial charge on any atom is -0.385 e. The molecule has 0 amide bonds. The van der Waals surface area contributed by atoms with E-state index in [1.54, 1.807) is 14.2 Å². The lowest BCUT2D eigenvalue weighted by molar-refractivity contribution is 0.130. The van der Waals surface area contributed by atoms with Gasteiger partial charge in [0.05, 0.1) is 6.61 Å². The number of methoxy groups -OCH3 is 2. The van der Waals surface area contributed by atoms with E-state index in [0.29, 0.717) is 11.5 Å². The normalized spacial score (nSPS) is 18.8. The van der Waals surface area contributed by atoms with Crippen LogP contribution in [0.4, 0.5) is 0 Å². The summed E-state index contributed by atoms with van der Waals surface area (Å²) in [5.74, 6) is 0.846. The van der Waals surface area contributed by atoms with E-state index in [2.05, 4.69) is 19.2 Å². The molecule has 0 saturated heterocycles. The van der Waals surface area contributed by atoms with Gasteiger partial charge in [-0.05, 0) is 30.6 Å². The van der Waals surface area contributed by atoms with Crippen LogP contribution >= 0.6 is 0 Å². The second-order valence-electron chi connectivity index (χ2n) is 5.69. The summed E-state index contributed by atoms with van der Waals surface area (Å²) in [6.07, 6.45) is 3.82. The number of ether oxygens (including phenoxy) is 2. The number of rotatable bonds is 9. The van der Waals surface area contributed by atoms with E-state index >= 15 is 0 Å². The van der Waals surface area contributed by atoms with Crippen LogP contribution in [-0.2, 0) is 9.47 Å². The fourth-order valence-corrected chi connectivity index (χ4v) is 1.91. The first-order valence-electron chi connectivity index (χ1n) is 6.30. The zero-order chi connectivity index (χ0) is 12.0. The molecular weight excluding hydrogens is 202 g/mol. The van der Waals surface area contributed by atoms with E-state index in [9.17, 15) is 0 Å². The summed E-state index contributed by atoms with van der Waals surface area (Å²) in [5.41, 5.74) is 0.302. The van der Waals surface area contributed by atoms with Crippen molar-refractivity contribution in [3.63, 3.8) is 0 Å². The largest absolute Gasteiger partial charge is 0.385 e. The fraction of sp³-hybridized carbons (Fsp3) is 1.00. The predicted molar refractivity (Wildman–Crippen MR) is 66.7 cm³/mol. The Labute approximate surface area is 99.9 Å². The Morgan fingerprint density at radius 3 is 2.44 bits per heavy atom. The van der Waals surface area contributed by atoms with Crippen LogP contribution in [0.25, 0.3) is 0 Å². The number of nitrogens with one attached hydrogen (secondary N) is 1. The first kappa shape index (κ1) is 13.9. The summed E-state index contributed by atoms with van der Waals surface area (Å²) in [6.45, 7) is 7.30. The maximum Gasteiger partial charge on any atom is 0.0618 e. The molecular formula is C13H27NO2. The van der Waals surface area contributed by atoms with Gasteiger partial charge in [0.2, 0.25) is 0 Å². The standard InChI is InChI=1S/C13H27NO2/c1-13(2,7-8-15-3)10-14-12(9-16-4)11-5-6-11/h11-12,14H,5-10H2,1-4H3. The Morgan fingerprint density at radius 1 is 1.25 bits per heavy atom. The highest BCUT2D eigenvalue weighted by atomic mass is 16.5. The average molecular weight is 229 g/mol. The third-order valence-electron chi connectivity index (χ3n) is 3.36. The number of hydrogen-bond donors (Lipinski definition) is 1. The molecule has 0 aliphatic heterocycles. The Bertz CT molecular complexity index is 190. The molecule has 0 spiro atoms. The van der Waals surface area contributed by atoms with Crippen LogP contribution in [0, 0.1) is 11.3 Å². The maximum absolute atomic E-state index is 5.26. The molecule has 0 aromatic heterocycles. The smallest absolute Gasteiger partial charge is 0.0618 e. The van der Waals surface area contributed by atoms with Crippen LogP contribution in [0.5, 0.6) is 0 Å². The Morgan fingerprint density at radius 2 is 1.94 bits per heavy atom. The third kappa shape index (κ3) is 5.28. The van der Waals surface area contributed by atoms with Gasteiger partial charge in [0.25, 0.3) is 0 Å². The van der Waals surface area contributed by atoms with E-state index in [4.69, 9.17) is 9.47 Å². The molecule has 0 bridgehead atoms. The van der Waals surface area contributed by atoms with Crippen molar-refractivity contribution in [3.05, 3.63) is 0 Å². The first-order chi connectivity index (χ1) is 7.59. The Balaban J connectivity index is 2.23. The van der Waals surface area contributed by atoms with Crippen LogP contribution in [0.1, 0.15) is 33.1 Å². The van der Waals surface area contributed by atoms with Gasteiger partial charge < -0.3 is 14.8 Å². The van der Waals surface area contributed by atoms with Crippen molar-refractivity contribution >= 4 is 0 Å². The highest BCUT2D eigenvalue weighted by Gasteiger charge is 2.32. The zero-order valence-electron chi connectivity index (χ0n) is 11.2. The molecule has 1 aliphatic carbocycles. The van der Waals surface area contributed by atoms with E-state index < -0.39 is 0 Å². The Kier molecular flexibility index (Phi) is 5.73. The van der Waals surface area contributed by atoms with Crippen LogP contribution in [0.3, 0.4) is 0 Å². The third-order valence-corrected chi connectivity index (χ3v) is 3.36. The van der Waals surface area contributed by atoms with Crippen LogP contribution in [0.15, 0.2) is 0 Å². The molecule has 1 N–H and O–H groups in total. The summed E-state index contributed by atoms with van der Waals surface area (Å²) in [7, 11) is 3.55. The molecule has 1 atom stereocenters. The van der Waals surface area contributed by atoms with E-state index in [-0.39, 0.29) is 0 Å². The van der Waals surface area contributed by atoms with Crippen molar-refractivity contribution in [1.82, 2.24) is 5.32 Å². The topological polar surface area (TPSA) is 30.5 Å². The van der Waals surface area contributed by atoms with Crippen molar-refractivity contribution in [2.75, 3.05) is 34.0 Å². The molecule has 16 heavy (non-hydrogen) atoms. The van der Waals surface area contributed by atoms with Gasteiger partial charge >= 0.3 is 0 Å². The summed E-state index contributed by atoms with van der Waals surface area (Å²) in [4.78, 5) is 0. The van der Waals surface area contributed by atoms with E-state index in [1.165, 1.54) is 12.8 Å². The van der Waals surface area contributed by atoms with E-state index in [1.807, 2.05) is 0 Å². The molecule has 0 aromatic carbocycles. The Hall–Kier alpha value is -0.120. The fourth-order valence-electron chi connectivity index (χ4n) is 1.91. The lowest BCUT2D eigenvalue weighted by Gasteiger charge is -2.28.